The van der Waals surface area contributed by atoms with Gasteiger partial charge in [-0.15, -0.1) is 11.6 Å². The minimum Gasteiger partial charge on any atom is -0.497 e. The zero-order valence-electron chi connectivity index (χ0n) is 12.2. The molecule has 1 atom stereocenters. The molecule has 5 nitrogen and oxygen atoms in total. The predicted molar refractivity (Wildman–Crippen MR) is 82.9 cm³/mol. The molecule has 2 aromatic heterocycles. The zero-order chi connectivity index (χ0) is 15.0. The molecule has 0 aliphatic heterocycles. The van der Waals surface area contributed by atoms with E-state index in [0.717, 1.165) is 28.3 Å². The van der Waals surface area contributed by atoms with E-state index in [1.54, 1.807) is 11.8 Å². The number of fused-ring (bicyclic) bond motifs is 1. The Morgan fingerprint density at radius 2 is 2.14 bits per heavy atom. The molecule has 0 N–H and O–H groups in total. The van der Waals surface area contributed by atoms with E-state index >= 15 is 0 Å². The van der Waals surface area contributed by atoms with Crippen LogP contribution in [-0.2, 0) is 13.6 Å². The molecule has 2 heterocycles. The van der Waals surface area contributed by atoms with E-state index in [9.17, 15) is 0 Å². The van der Waals surface area contributed by atoms with Crippen molar-refractivity contribution in [1.29, 1.82) is 0 Å². The van der Waals surface area contributed by atoms with Gasteiger partial charge in [-0.05, 0) is 25.1 Å². The van der Waals surface area contributed by atoms with E-state index < -0.39 is 0 Å². The number of aryl methyl sites for hydroxylation is 1. The van der Waals surface area contributed by atoms with Crippen LogP contribution in [0.25, 0.3) is 11.0 Å². The van der Waals surface area contributed by atoms with Gasteiger partial charge in [0.1, 0.15) is 11.6 Å². The van der Waals surface area contributed by atoms with E-state index in [4.69, 9.17) is 16.3 Å². The van der Waals surface area contributed by atoms with Crippen LogP contribution in [0.5, 0.6) is 5.75 Å². The van der Waals surface area contributed by atoms with Gasteiger partial charge >= 0.3 is 0 Å². The summed E-state index contributed by atoms with van der Waals surface area (Å²) in [4.78, 5) is 4.64. The second kappa shape index (κ2) is 5.41. The average Bonchev–Trinajstić information content (AvgIpc) is 3.03. The first-order valence-electron chi connectivity index (χ1n) is 6.75. The summed E-state index contributed by atoms with van der Waals surface area (Å²) in [6.45, 7) is 2.57. The Morgan fingerprint density at radius 3 is 2.76 bits per heavy atom. The summed E-state index contributed by atoms with van der Waals surface area (Å²) in [6.07, 6.45) is 1.93. The Hall–Kier alpha value is -2.01. The van der Waals surface area contributed by atoms with Crippen LogP contribution in [0.1, 0.15) is 23.8 Å². The molecule has 0 bridgehead atoms. The van der Waals surface area contributed by atoms with Crippen LogP contribution in [0.4, 0.5) is 0 Å². The maximum atomic E-state index is 6.28. The molecule has 1 unspecified atom stereocenters. The highest BCUT2D eigenvalue weighted by molar-refractivity contribution is 6.20. The smallest absolute Gasteiger partial charge is 0.128 e. The van der Waals surface area contributed by atoms with E-state index in [-0.39, 0.29) is 5.38 Å². The highest BCUT2D eigenvalue weighted by atomic mass is 35.5. The molecular weight excluding hydrogens is 288 g/mol. The molecule has 0 radical (unpaired) electrons. The van der Waals surface area contributed by atoms with Crippen LogP contribution >= 0.6 is 11.6 Å². The number of hydrogen-bond acceptors (Lipinski definition) is 3. The van der Waals surface area contributed by atoms with Crippen molar-refractivity contribution in [1.82, 2.24) is 19.3 Å². The van der Waals surface area contributed by atoms with Crippen molar-refractivity contribution in [3.63, 3.8) is 0 Å². The molecular formula is C15H17ClN4O. The molecule has 0 spiro atoms. The number of imidazole rings is 1. The molecule has 110 valence electrons. The summed E-state index contributed by atoms with van der Waals surface area (Å²) in [7, 11) is 3.56. The number of methoxy groups -OCH3 is 1. The third kappa shape index (κ3) is 2.61. The van der Waals surface area contributed by atoms with Crippen LogP contribution in [-0.4, -0.2) is 26.4 Å². The van der Waals surface area contributed by atoms with Gasteiger partial charge in [0.2, 0.25) is 0 Å². The van der Waals surface area contributed by atoms with E-state index in [1.807, 2.05) is 44.4 Å². The molecule has 6 heteroatoms. The number of halogens is 1. The molecule has 0 amide bonds. The number of hydrogen-bond donors (Lipinski definition) is 0. The van der Waals surface area contributed by atoms with Gasteiger partial charge in [0.05, 0.1) is 35.8 Å². The molecule has 21 heavy (non-hydrogen) atoms. The van der Waals surface area contributed by atoms with Crippen LogP contribution in [0, 0.1) is 0 Å². The Kier molecular flexibility index (Phi) is 3.59. The van der Waals surface area contributed by atoms with Crippen LogP contribution in [0.2, 0.25) is 0 Å². The lowest BCUT2D eigenvalue weighted by Crippen LogP contribution is -2.06. The largest absolute Gasteiger partial charge is 0.497 e. The van der Waals surface area contributed by atoms with Gasteiger partial charge in [-0.25, -0.2) is 4.98 Å². The quantitative estimate of drug-likeness (QED) is 0.696. The van der Waals surface area contributed by atoms with Gasteiger partial charge in [0.15, 0.2) is 0 Å². The summed E-state index contributed by atoms with van der Waals surface area (Å²) in [5.74, 6) is 1.63. The van der Waals surface area contributed by atoms with Crippen LogP contribution < -0.4 is 4.74 Å². The van der Waals surface area contributed by atoms with Gasteiger partial charge in [0.25, 0.3) is 0 Å². The summed E-state index contributed by atoms with van der Waals surface area (Å²) >= 11 is 6.28. The SMILES string of the molecule is COc1ccc2c(c1)nc(C(C)Cl)n2Cc1ccn(C)n1. The second-order valence-electron chi connectivity index (χ2n) is 5.01. The third-order valence-corrected chi connectivity index (χ3v) is 3.62. The average molecular weight is 305 g/mol. The monoisotopic (exact) mass is 304 g/mol. The van der Waals surface area contributed by atoms with Gasteiger partial charge in [-0.3, -0.25) is 4.68 Å². The second-order valence-corrected chi connectivity index (χ2v) is 5.66. The molecule has 0 aliphatic rings. The molecule has 3 aromatic rings. The number of ether oxygens (including phenoxy) is 1. The fourth-order valence-electron chi connectivity index (χ4n) is 2.43. The van der Waals surface area contributed by atoms with Crippen molar-refractivity contribution in [2.24, 2.45) is 7.05 Å². The van der Waals surface area contributed by atoms with Gasteiger partial charge in [0, 0.05) is 19.3 Å². The fraction of sp³-hybridized carbons (Fsp3) is 0.333. The van der Waals surface area contributed by atoms with Gasteiger partial charge < -0.3 is 9.30 Å². The Morgan fingerprint density at radius 1 is 1.33 bits per heavy atom. The maximum absolute atomic E-state index is 6.28. The standard InChI is InChI=1S/C15H17ClN4O/c1-10(16)15-17-13-8-12(21-3)4-5-14(13)20(15)9-11-6-7-19(2)18-11/h4-8,10H,9H2,1-3H3. The Labute approximate surface area is 128 Å². The summed E-state index contributed by atoms with van der Waals surface area (Å²) in [5.41, 5.74) is 2.89. The van der Waals surface area contributed by atoms with E-state index in [0.29, 0.717) is 6.54 Å². The summed E-state index contributed by atoms with van der Waals surface area (Å²) in [6, 6.07) is 7.86. The Balaban J connectivity index is 2.11. The number of aromatic nitrogens is 4. The highest BCUT2D eigenvalue weighted by Gasteiger charge is 2.16. The summed E-state index contributed by atoms with van der Waals surface area (Å²) < 4.78 is 9.15. The van der Waals surface area contributed by atoms with Crippen LogP contribution in [0.15, 0.2) is 30.5 Å². The molecule has 0 fully saturated rings. The van der Waals surface area contributed by atoms with Crippen molar-refractivity contribution >= 4 is 22.6 Å². The normalized spacial score (nSPS) is 12.8. The van der Waals surface area contributed by atoms with Crippen molar-refractivity contribution in [2.75, 3.05) is 7.11 Å². The summed E-state index contributed by atoms with van der Waals surface area (Å²) in [5, 5.41) is 4.25. The first kappa shape index (κ1) is 13.9. The minimum atomic E-state index is -0.174. The first-order valence-corrected chi connectivity index (χ1v) is 7.19. The number of alkyl halides is 1. The topological polar surface area (TPSA) is 44.9 Å². The zero-order valence-corrected chi connectivity index (χ0v) is 13.0. The van der Waals surface area contributed by atoms with Gasteiger partial charge in [-0.1, -0.05) is 0 Å². The van der Waals surface area contributed by atoms with Crippen molar-refractivity contribution < 1.29 is 4.74 Å². The lowest BCUT2D eigenvalue weighted by molar-refractivity contribution is 0.415. The number of benzene rings is 1. The fourth-order valence-corrected chi connectivity index (χ4v) is 2.60. The van der Waals surface area contributed by atoms with Gasteiger partial charge in [-0.2, -0.15) is 5.10 Å². The van der Waals surface area contributed by atoms with Crippen molar-refractivity contribution in [3.05, 3.63) is 42.0 Å². The predicted octanol–water partition coefficient (Wildman–Crippen LogP) is 3.13. The number of rotatable bonds is 4. The third-order valence-electron chi connectivity index (χ3n) is 3.43. The molecule has 0 aliphatic carbocycles. The first-order chi connectivity index (χ1) is 10.1. The van der Waals surface area contributed by atoms with Crippen LogP contribution in [0.3, 0.4) is 0 Å². The van der Waals surface area contributed by atoms with E-state index in [2.05, 4.69) is 14.6 Å². The minimum absolute atomic E-state index is 0.174. The molecule has 0 saturated heterocycles. The lowest BCUT2D eigenvalue weighted by atomic mass is 10.3. The Bertz CT molecular complexity index is 775. The van der Waals surface area contributed by atoms with Crippen molar-refractivity contribution in [2.45, 2.75) is 18.8 Å². The number of nitrogens with zero attached hydrogens (tertiary/aromatic N) is 4. The molecule has 3 rings (SSSR count). The lowest BCUT2D eigenvalue weighted by Gasteiger charge is -2.09. The maximum Gasteiger partial charge on any atom is 0.128 e. The highest BCUT2D eigenvalue weighted by Crippen LogP contribution is 2.27. The molecule has 0 saturated carbocycles. The van der Waals surface area contributed by atoms with E-state index in [1.165, 1.54) is 0 Å². The van der Waals surface area contributed by atoms with Crippen molar-refractivity contribution in [3.8, 4) is 5.75 Å². The molecule has 1 aromatic carbocycles.